The van der Waals surface area contributed by atoms with Gasteiger partial charge in [0.2, 0.25) is 16.0 Å². The van der Waals surface area contributed by atoms with E-state index in [2.05, 4.69) is 19.8 Å². The number of thioether (sulfide) groups is 1. The van der Waals surface area contributed by atoms with Crippen LogP contribution in [0.1, 0.15) is 33.9 Å². The summed E-state index contributed by atoms with van der Waals surface area (Å²) in [6.07, 6.45) is 0.696. The summed E-state index contributed by atoms with van der Waals surface area (Å²) in [6.45, 7) is 7.33. The predicted molar refractivity (Wildman–Crippen MR) is 140 cm³/mol. The summed E-state index contributed by atoms with van der Waals surface area (Å²) in [5, 5.41) is 1.19. The minimum absolute atomic E-state index is 0.00374. The average Bonchev–Trinajstić information content (AvgIpc) is 3.34. The van der Waals surface area contributed by atoms with Crippen molar-refractivity contribution in [3.05, 3.63) is 6.33 Å². The number of phosphoric acid groups is 1. The molecule has 2 saturated heterocycles. The molecule has 0 saturated carbocycles. The van der Waals surface area contributed by atoms with Gasteiger partial charge in [0, 0.05) is 24.1 Å². The Morgan fingerprint density at radius 1 is 1.39 bits per heavy atom. The molecule has 38 heavy (non-hydrogen) atoms. The third-order valence-electron chi connectivity index (χ3n) is 5.79. The first-order chi connectivity index (χ1) is 17.6. The molecule has 4 rings (SSSR count). The fourth-order valence-corrected chi connectivity index (χ4v) is 7.00. The molecule has 2 aromatic rings. The number of aromatic nitrogens is 4. The number of ether oxygens (including phenoxy) is 1. The molecule has 3 unspecified atom stereocenters. The molecular weight excluding hydrogens is 561 g/mol. The highest BCUT2D eigenvalue weighted by Gasteiger charge is 2.52. The molecule has 0 aromatic carbocycles. The number of anilines is 2. The second-order valence-electron chi connectivity index (χ2n) is 10.1. The Morgan fingerprint density at radius 3 is 2.76 bits per heavy atom. The number of carbonyl (C=O) groups excluding carboxylic acids is 1. The van der Waals surface area contributed by atoms with E-state index in [-0.39, 0.29) is 41.5 Å². The number of phosphoric ester groups is 1. The predicted octanol–water partition coefficient (Wildman–Crippen LogP) is 1.69. The van der Waals surface area contributed by atoms with E-state index in [0.717, 1.165) is 18.0 Å². The van der Waals surface area contributed by atoms with E-state index in [1.807, 2.05) is 27.7 Å². The smallest absolute Gasteiger partial charge is 0.368 e. The summed E-state index contributed by atoms with van der Waals surface area (Å²) in [5.74, 6) is 0.0317. The standard InChI is InChI=1S/C20H32N7O8PS2/c1-11-14-12(9-33-36(29,35-14)32-7-8-37-18(28)20(2,3)4)34-17(11)27-10-22-13-15(23-19(21)24-16(13)27)26(5)25-38(6,30)31/h10-12,14,17,25H,7-9H2,1-6H3,(H2,21,23,24)/t11-,12?,14-,17?,36?/m0/s1. The Hall–Kier alpha value is -1.85. The van der Waals surface area contributed by atoms with Gasteiger partial charge < -0.3 is 10.5 Å². The first-order valence-electron chi connectivity index (χ1n) is 11.7. The molecule has 15 nitrogen and oxygen atoms in total. The van der Waals surface area contributed by atoms with Crippen LogP contribution in [0.3, 0.4) is 0 Å². The van der Waals surface area contributed by atoms with Crippen LogP contribution in [0.5, 0.6) is 0 Å². The number of hydrazine groups is 1. The van der Waals surface area contributed by atoms with Gasteiger partial charge in [-0.1, -0.05) is 39.5 Å². The second-order valence-corrected chi connectivity index (χ2v) is 14.5. The maximum atomic E-state index is 13.1. The Labute approximate surface area is 224 Å². The first-order valence-corrected chi connectivity index (χ1v) is 16.0. The van der Waals surface area contributed by atoms with Gasteiger partial charge in [0.15, 0.2) is 22.1 Å². The van der Waals surface area contributed by atoms with E-state index < -0.39 is 41.7 Å². The average molecular weight is 594 g/mol. The molecule has 0 aliphatic carbocycles. The molecule has 3 N–H and O–H groups in total. The van der Waals surface area contributed by atoms with Gasteiger partial charge >= 0.3 is 7.82 Å². The summed E-state index contributed by atoms with van der Waals surface area (Å²) >= 11 is 1.10. The Kier molecular flexibility index (Phi) is 8.14. The van der Waals surface area contributed by atoms with Crippen molar-refractivity contribution < 1.29 is 36.1 Å². The summed E-state index contributed by atoms with van der Waals surface area (Å²) in [7, 11) is -5.99. The van der Waals surface area contributed by atoms with Crippen molar-refractivity contribution in [3.8, 4) is 0 Å². The third kappa shape index (κ3) is 6.31. The van der Waals surface area contributed by atoms with Crippen LogP contribution < -0.4 is 15.6 Å². The number of nitrogen functional groups attached to an aromatic ring is 1. The molecular formula is C20H32N7O8PS2. The van der Waals surface area contributed by atoms with Gasteiger partial charge in [-0.15, -0.1) is 4.83 Å². The largest absolute Gasteiger partial charge is 0.475 e. The van der Waals surface area contributed by atoms with Crippen LogP contribution in [0, 0.1) is 11.3 Å². The van der Waals surface area contributed by atoms with Gasteiger partial charge in [0.05, 0.1) is 25.8 Å². The van der Waals surface area contributed by atoms with E-state index in [4.69, 9.17) is 24.0 Å². The van der Waals surface area contributed by atoms with E-state index in [1.165, 1.54) is 18.4 Å². The van der Waals surface area contributed by atoms with Gasteiger partial charge in [-0.05, 0) is 0 Å². The highest BCUT2D eigenvalue weighted by atomic mass is 32.2. The number of nitrogens with zero attached hydrogens (tertiary/aromatic N) is 5. The minimum atomic E-state index is -3.87. The fraction of sp³-hybridized carbons (Fsp3) is 0.700. The number of fused-ring (bicyclic) bond motifs is 2. The number of hydrogen-bond acceptors (Lipinski definition) is 14. The molecule has 0 amide bonds. The lowest BCUT2D eigenvalue weighted by Gasteiger charge is -2.31. The van der Waals surface area contributed by atoms with Crippen molar-refractivity contribution in [1.29, 1.82) is 0 Å². The molecule has 2 aromatic heterocycles. The highest BCUT2D eigenvalue weighted by molar-refractivity contribution is 8.13. The zero-order chi connectivity index (χ0) is 28.0. The molecule has 0 spiro atoms. The lowest BCUT2D eigenvalue weighted by Crippen LogP contribution is -2.39. The Morgan fingerprint density at radius 2 is 2.11 bits per heavy atom. The maximum absolute atomic E-state index is 13.1. The van der Waals surface area contributed by atoms with E-state index in [9.17, 15) is 17.8 Å². The molecule has 18 heteroatoms. The zero-order valence-corrected chi connectivity index (χ0v) is 24.4. The van der Waals surface area contributed by atoms with Crippen molar-refractivity contribution in [2.75, 3.05) is 43.0 Å². The molecule has 0 bridgehead atoms. The highest BCUT2D eigenvalue weighted by Crippen LogP contribution is 2.58. The van der Waals surface area contributed by atoms with Crippen LogP contribution >= 0.6 is 19.6 Å². The maximum Gasteiger partial charge on any atom is 0.475 e. The Balaban J connectivity index is 1.48. The monoisotopic (exact) mass is 593 g/mol. The van der Waals surface area contributed by atoms with Crippen molar-refractivity contribution in [2.45, 2.75) is 46.1 Å². The van der Waals surface area contributed by atoms with Crippen LogP contribution in [0.25, 0.3) is 11.2 Å². The van der Waals surface area contributed by atoms with E-state index in [0.29, 0.717) is 11.4 Å². The number of sulfonamides is 1. The molecule has 5 atom stereocenters. The van der Waals surface area contributed by atoms with Gasteiger partial charge in [0.25, 0.3) is 0 Å². The van der Waals surface area contributed by atoms with Crippen molar-refractivity contribution in [3.63, 3.8) is 0 Å². The quantitative estimate of drug-likeness (QED) is 0.255. The van der Waals surface area contributed by atoms with Crippen LogP contribution in [0.2, 0.25) is 0 Å². The van der Waals surface area contributed by atoms with Gasteiger partial charge in [-0.3, -0.25) is 27.9 Å². The summed E-state index contributed by atoms with van der Waals surface area (Å²) in [6, 6.07) is 0. The normalized spacial score (nSPS) is 27.9. The van der Waals surface area contributed by atoms with Crippen LogP contribution in [0.4, 0.5) is 11.8 Å². The molecule has 212 valence electrons. The molecule has 2 fully saturated rings. The molecule has 4 heterocycles. The number of carbonyl (C=O) groups is 1. The lowest BCUT2D eigenvalue weighted by molar-refractivity contribution is -0.117. The number of rotatable bonds is 8. The van der Waals surface area contributed by atoms with Crippen molar-refractivity contribution >= 4 is 57.7 Å². The van der Waals surface area contributed by atoms with E-state index in [1.54, 1.807) is 4.57 Å². The SMILES string of the molecule is C[C@@H]1C(n2cnc3c(N(C)NS(C)(=O)=O)nc(N)nc32)OC2COP(=O)(OCCSC(=O)C(C)(C)C)O[C@H]21. The topological polar surface area (TPSA) is 190 Å². The van der Waals surface area contributed by atoms with Gasteiger partial charge in [-0.25, -0.2) is 18.0 Å². The lowest BCUT2D eigenvalue weighted by atomic mass is 10.00. The van der Waals surface area contributed by atoms with Crippen molar-refractivity contribution in [2.24, 2.45) is 11.3 Å². The van der Waals surface area contributed by atoms with Crippen molar-refractivity contribution in [1.82, 2.24) is 24.4 Å². The Bertz CT molecular complexity index is 1370. The molecule has 2 aliphatic heterocycles. The number of hydrogen-bond donors (Lipinski definition) is 2. The third-order valence-corrected chi connectivity index (χ3v) is 9.11. The summed E-state index contributed by atoms with van der Waals surface area (Å²) in [5.41, 5.74) is 6.02. The molecule has 0 radical (unpaired) electrons. The fourth-order valence-electron chi connectivity index (χ4n) is 4.04. The van der Waals surface area contributed by atoms with Crippen LogP contribution in [0.15, 0.2) is 6.33 Å². The zero-order valence-electron chi connectivity index (χ0n) is 21.9. The number of nitrogens with two attached hydrogens (primary N) is 1. The van der Waals surface area contributed by atoms with Gasteiger partial charge in [0.1, 0.15) is 18.4 Å². The first kappa shape index (κ1) is 29.1. The van der Waals surface area contributed by atoms with E-state index >= 15 is 0 Å². The minimum Gasteiger partial charge on any atom is -0.368 e. The summed E-state index contributed by atoms with van der Waals surface area (Å²) < 4.78 is 60.9. The van der Waals surface area contributed by atoms with Crippen LogP contribution in [-0.4, -0.2) is 77.5 Å². The summed E-state index contributed by atoms with van der Waals surface area (Å²) in [4.78, 5) is 27.1. The second kappa shape index (κ2) is 10.6. The number of nitrogens with one attached hydrogen (secondary N) is 1. The molecule has 2 aliphatic rings. The number of imidazole rings is 1. The van der Waals surface area contributed by atoms with Gasteiger partial charge in [-0.2, -0.15) is 9.97 Å². The van der Waals surface area contributed by atoms with Crippen LogP contribution in [-0.2, 0) is 37.7 Å².